The Morgan fingerprint density at radius 3 is 1.64 bits per heavy atom. The zero-order valence-electron chi connectivity index (χ0n) is 13.8. The molecule has 0 bridgehead atoms. The first-order chi connectivity index (χ1) is 10.4. The summed E-state index contributed by atoms with van der Waals surface area (Å²) in [6, 6.07) is 20.8. The molecular formula is C19H26O2S. The van der Waals surface area contributed by atoms with Crippen LogP contribution < -0.4 is 0 Å². The van der Waals surface area contributed by atoms with Gasteiger partial charge in [-0.05, 0) is 52.0 Å². The topological polar surface area (TPSA) is 29.5 Å². The second-order valence-electron chi connectivity index (χ2n) is 6.38. The van der Waals surface area contributed by atoms with Crippen molar-refractivity contribution in [1.29, 1.82) is 0 Å². The van der Waals surface area contributed by atoms with Crippen LogP contribution in [0.5, 0.6) is 0 Å². The molecule has 2 nitrogen and oxygen atoms in total. The lowest BCUT2D eigenvalue weighted by Crippen LogP contribution is -2.31. The molecule has 0 radical (unpaired) electrons. The van der Waals surface area contributed by atoms with Gasteiger partial charge in [-0.2, -0.15) is 0 Å². The predicted octanol–water partition coefficient (Wildman–Crippen LogP) is 5.02. The summed E-state index contributed by atoms with van der Waals surface area (Å²) < 4.78 is 6.46. The van der Waals surface area contributed by atoms with Crippen LogP contribution in [0, 0.1) is 0 Å². The predicted molar refractivity (Wildman–Crippen MR) is 94.4 cm³/mol. The van der Waals surface area contributed by atoms with Crippen LogP contribution in [0.1, 0.15) is 27.7 Å². The lowest BCUT2D eigenvalue weighted by molar-refractivity contribution is 0.141. The third-order valence-electron chi connectivity index (χ3n) is 3.58. The van der Waals surface area contributed by atoms with Gasteiger partial charge in [-0.25, -0.2) is 0 Å². The van der Waals surface area contributed by atoms with Gasteiger partial charge in [0.1, 0.15) is 0 Å². The standard InChI is InChI=1S/C19H26O2S/c1-16(15-20)21-22(19(2,3)4,17-11-7-5-8-12-17)18-13-9-6-10-14-18/h5-14,16,20H,15H2,1-4H3/t16-/m1/s1. The molecule has 22 heavy (non-hydrogen) atoms. The average Bonchev–Trinajstić information content (AvgIpc) is 2.52. The molecule has 0 amide bonds. The Kier molecular flexibility index (Phi) is 5.32. The van der Waals surface area contributed by atoms with Crippen LogP contribution >= 0.6 is 10.3 Å². The quantitative estimate of drug-likeness (QED) is 0.838. The van der Waals surface area contributed by atoms with Crippen molar-refractivity contribution in [3.63, 3.8) is 0 Å². The maximum atomic E-state index is 9.55. The fraction of sp³-hybridized carbons (Fsp3) is 0.368. The monoisotopic (exact) mass is 318 g/mol. The van der Waals surface area contributed by atoms with Crippen molar-refractivity contribution >= 4 is 10.3 Å². The first-order valence-electron chi connectivity index (χ1n) is 7.64. The number of rotatable bonds is 5. The molecule has 0 saturated carbocycles. The van der Waals surface area contributed by atoms with Crippen molar-refractivity contribution in [2.45, 2.75) is 48.3 Å². The van der Waals surface area contributed by atoms with Crippen molar-refractivity contribution < 1.29 is 9.29 Å². The van der Waals surface area contributed by atoms with Crippen molar-refractivity contribution in [1.82, 2.24) is 0 Å². The highest BCUT2D eigenvalue weighted by Crippen LogP contribution is 2.71. The molecule has 0 heterocycles. The first kappa shape index (κ1) is 17.1. The summed E-state index contributed by atoms with van der Waals surface area (Å²) in [5.74, 6) is 0. The second kappa shape index (κ2) is 6.86. The van der Waals surface area contributed by atoms with E-state index in [0.29, 0.717) is 0 Å². The van der Waals surface area contributed by atoms with Gasteiger partial charge in [-0.15, -0.1) is 0 Å². The maximum absolute atomic E-state index is 9.55. The van der Waals surface area contributed by atoms with E-state index in [1.54, 1.807) is 0 Å². The molecule has 2 aromatic rings. The summed E-state index contributed by atoms with van der Waals surface area (Å²) in [6.07, 6.45) is -0.213. The summed E-state index contributed by atoms with van der Waals surface area (Å²) in [7, 11) is -1.74. The second-order valence-corrected chi connectivity index (χ2v) is 9.86. The number of aliphatic hydroxyl groups excluding tert-OH is 1. The Morgan fingerprint density at radius 2 is 1.32 bits per heavy atom. The molecule has 0 unspecified atom stereocenters. The van der Waals surface area contributed by atoms with Gasteiger partial charge in [-0.1, -0.05) is 46.7 Å². The maximum Gasteiger partial charge on any atom is 0.0911 e. The van der Waals surface area contributed by atoms with E-state index in [9.17, 15) is 5.11 Å². The zero-order valence-corrected chi connectivity index (χ0v) is 14.6. The number of aliphatic hydroxyl groups is 1. The van der Waals surface area contributed by atoms with Gasteiger partial charge < -0.3 is 9.29 Å². The Labute approximate surface area is 135 Å². The highest BCUT2D eigenvalue weighted by Gasteiger charge is 2.42. The molecule has 0 saturated heterocycles. The third-order valence-corrected chi connectivity index (χ3v) is 7.79. The minimum atomic E-state index is -1.74. The highest BCUT2D eigenvalue weighted by atomic mass is 32.3. The van der Waals surface area contributed by atoms with Gasteiger partial charge in [0.2, 0.25) is 0 Å². The van der Waals surface area contributed by atoms with E-state index in [1.165, 1.54) is 9.79 Å². The fourth-order valence-corrected chi connectivity index (χ4v) is 6.43. The van der Waals surface area contributed by atoms with E-state index in [4.69, 9.17) is 4.18 Å². The van der Waals surface area contributed by atoms with Crippen molar-refractivity contribution in [3.05, 3.63) is 60.7 Å². The molecule has 1 atom stereocenters. The minimum absolute atomic E-state index is 0.0184. The van der Waals surface area contributed by atoms with E-state index in [1.807, 2.05) is 19.1 Å². The number of hydrogen-bond donors (Lipinski definition) is 1. The first-order valence-corrected chi connectivity index (χ1v) is 9.20. The Bertz CT molecular complexity index is 536. The molecule has 0 aromatic heterocycles. The molecule has 0 fully saturated rings. The molecule has 2 rings (SSSR count). The molecule has 0 spiro atoms. The fourth-order valence-electron chi connectivity index (χ4n) is 2.60. The molecule has 0 aliphatic heterocycles. The Balaban J connectivity index is 2.70. The summed E-state index contributed by atoms with van der Waals surface area (Å²) in [4.78, 5) is 2.38. The van der Waals surface area contributed by atoms with E-state index >= 15 is 0 Å². The van der Waals surface area contributed by atoms with Crippen LogP contribution in [0.4, 0.5) is 0 Å². The third kappa shape index (κ3) is 3.22. The van der Waals surface area contributed by atoms with E-state index in [0.717, 1.165) is 0 Å². The molecule has 0 aliphatic rings. The van der Waals surface area contributed by atoms with Crippen molar-refractivity contribution in [2.75, 3.05) is 6.61 Å². The highest BCUT2D eigenvalue weighted by molar-refractivity contribution is 8.31. The van der Waals surface area contributed by atoms with Crippen molar-refractivity contribution in [3.8, 4) is 0 Å². The van der Waals surface area contributed by atoms with Gasteiger partial charge in [0, 0.05) is 14.5 Å². The van der Waals surface area contributed by atoms with Gasteiger partial charge >= 0.3 is 0 Å². The molecule has 0 aliphatic carbocycles. The number of hydrogen-bond acceptors (Lipinski definition) is 2. The van der Waals surface area contributed by atoms with Gasteiger partial charge in [0.05, 0.1) is 12.7 Å². The van der Waals surface area contributed by atoms with Crippen LogP contribution in [0.15, 0.2) is 70.5 Å². The largest absolute Gasteiger partial charge is 0.394 e. The average molecular weight is 318 g/mol. The van der Waals surface area contributed by atoms with Crippen LogP contribution in [0.25, 0.3) is 0 Å². The van der Waals surface area contributed by atoms with Crippen molar-refractivity contribution in [2.24, 2.45) is 0 Å². The summed E-state index contributed by atoms with van der Waals surface area (Å²) >= 11 is 0. The lowest BCUT2D eigenvalue weighted by Gasteiger charge is -2.51. The van der Waals surface area contributed by atoms with E-state index < -0.39 is 10.3 Å². The van der Waals surface area contributed by atoms with Crippen LogP contribution in [0.3, 0.4) is 0 Å². The van der Waals surface area contributed by atoms with Crippen LogP contribution in [-0.4, -0.2) is 22.6 Å². The zero-order chi connectivity index (χ0) is 16.2. The summed E-state index contributed by atoms with van der Waals surface area (Å²) in [6.45, 7) is 8.59. The molecular weight excluding hydrogens is 292 g/mol. The molecule has 2 aromatic carbocycles. The van der Waals surface area contributed by atoms with Gasteiger partial charge in [-0.3, -0.25) is 0 Å². The summed E-state index contributed by atoms with van der Waals surface area (Å²) in [5, 5.41) is 9.55. The smallest absolute Gasteiger partial charge is 0.0911 e. The van der Waals surface area contributed by atoms with Gasteiger partial charge in [0.25, 0.3) is 0 Å². The normalized spacial score (nSPS) is 14.6. The lowest BCUT2D eigenvalue weighted by atomic mass is 10.3. The van der Waals surface area contributed by atoms with Gasteiger partial charge in [0.15, 0.2) is 0 Å². The molecule has 120 valence electrons. The minimum Gasteiger partial charge on any atom is -0.394 e. The SMILES string of the molecule is C[C@H](CO)OS(c1ccccc1)(c1ccccc1)C(C)(C)C. The Hall–Kier alpha value is -1.29. The van der Waals surface area contributed by atoms with Crippen LogP contribution in [0.2, 0.25) is 0 Å². The van der Waals surface area contributed by atoms with E-state index in [-0.39, 0.29) is 17.5 Å². The molecule has 3 heteroatoms. The molecule has 1 N–H and O–H groups in total. The van der Waals surface area contributed by atoms with Crippen LogP contribution in [-0.2, 0) is 4.18 Å². The Morgan fingerprint density at radius 1 is 0.909 bits per heavy atom. The summed E-state index contributed by atoms with van der Waals surface area (Å²) in [5.41, 5.74) is 0. The number of benzene rings is 2. The van der Waals surface area contributed by atoms with E-state index in [2.05, 4.69) is 69.3 Å².